The molecule has 0 atom stereocenters. The van der Waals surface area contributed by atoms with Crippen molar-refractivity contribution >= 4 is 0 Å². The van der Waals surface area contributed by atoms with Crippen LogP contribution in [0.15, 0.2) is 4.52 Å². The third kappa shape index (κ3) is 4.58. The Labute approximate surface area is 89.8 Å². The Bertz CT molecular complexity index is 326. The molecule has 0 radical (unpaired) electrons. The van der Waals surface area contributed by atoms with Crippen molar-refractivity contribution in [3.05, 3.63) is 11.7 Å². The molecular formula is C10H16N4O. The Morgan fingerprint density at radius 3 is 3.00 bits per heavy atom. The van der Waals surface area contributed by atoms with Crippen LogP contribution in [0.3, 0.4) is 0 Å². The van der Waals surface area contributed by atoms with E-state index in [4.69, 9.17) is 10.9 Å². The van der Waals surface area contributed by atoms with Gasteiger partial charge in [0.1, 0.15) is 0 Å². The molecule has 0 bridgehead atoms. The first-order chi connectivity index (χ1) is 7.22. The lowest BCUT2D eigenvalue weighted by molar-refractivity contribution is 0.359. The Hall–Kier alpha value is -1.38. The fourth-order valence-electron chi connectivity index (χ4n) is 1.03. The Balaban J connectivity index is 2.32. The average molecular weight is 208 g/mol. The van der Waals surface area contributed by atoms with Gasteiger partial charge in [0, 0.05) is 13.0 Å². The maximum atomic E-state index is 5.09. The van der Waals surface area contributed by atoms with Crippen LogP contribution >= 0.6 is 0 Å². The second kappa shape index (κ2) is 6.17. The quantitative estimate of drug-likeness (QED) is 0.522. The number of aromatic nitrogens is 2. The molecule has 15 heavy (non-hydrogen) atoms. The molecule has 0 spiro atoms. The van der Waals surface area contributed by atoms with Crippen LogP contribution < -0.4 is 5.32 Å². The van der Waals surface area contributed by atoms with Crippen molar-refractivity contribution in [3.63, 3.8) is 0 Å². The summed E-state index contributed by atoms with van der Waals surface area (Å²) in [4.78, 5) is 6.29. The van der Waals surface area contributed by atoms with Crippen molar-refractivity contribution in [1.82, 2.24) is 20.4 Å². The zero-order chi connectivity index (χ0) is 11.1. The first-order valence-electron chi connectivity index (χ1n) is 4.82. The molecule has 0 aliphatic rings. The van der Waals surface area contributed by atoms with Gasteiger partial charge in [0.25, 0.3) is 0 Å². The largest absolute Gasteiger partial charge is 0.338 e. The molecule has 1 heterocycles. The van der Waals surface area contributed by atoms with E-state index in [0.717, 1.165) is 18.8 Å². The summed E-state index contributed by atoms with van der Waals surface area (Å²) >= 11 is 0. The third-order valence-corrected chi connectivity index (χ3v) is 1.80. The van der Waals surface area contributed by atoms with Crippen LogP contribution in [0.2, 0.25) is 0 Å². The molecule has 0 saturated heterocycles. The summed E-state index contributed by atoms with van der Waals surface area (Å²) in [5.74, 6) is 3.80. The molecule has 5 heteroatoms. The number of nitrogens with one attached hydrogen (secondary N) is 1. The molecule has 0 aromatic carbocycles. The fourth-order valence-corrected chi connectivity index (χ4v) is 1.03. The topological polar surface area (TPSA) is 54.2 Å². The number of likely N-dealkylation sites (N-methyl/N-ethyl adjacent to an activating group) is 1. The van der Waals surface area contributed by atoms with Crippen LogP contribution in [0.25, 0.3) is 0 Å². The lowest BCUT2D eigenvalue weighted by Crippen LogP contribution is -2.16. The maximum absolute atomic E-state index is 5.09. The summed E-state index contributed by atoms with van der Waals surface area (Å²) in [5, 5.41) is 6.85. The maximum Gasteiger partial charge on any atom is 0.240 e. The van der Waals surface area contributed by atoms with Gasteiger partial charge in [-0.1, -0.05) is 11.1 Å². The third-order valence-electron chi connectivity index (χ3n) is 1.80. The van der Waals surface area contributed by atoms with Crippen molar-refractivity contribution < 1.29 is 4.52 Å². The molecule has 0 aliphatic carbocycles. The minimum absolute atomic E-state index is 0.509. The standard InChI is InChI=1S/C10H16N4O/c1-4-6-11-8-10-12-9(13-15-10)5-7-14(2)3/h1,11H,5-8H2,2-3H3. The van der Waals surface area contributed by atoms with Gasteiger partial charge in [-0.2, -0.15) is 4.98 Å². The van der Waals surface area contributed by atoms with E-state index >= 15 is 0 Å². The average Bonchev–Trinajstić information content (AvgIpc) is 2.63. The van der Waals surface area contributed by atoms with E-state index in [0.29, 0.717) is 19.0 Å². The van der Waals surface area contributed by atoms with Crippen molar-refractivity contribution in [1.29, 1.82) is 0 Å². The van der Waals surface area contributed by atoms with Gasteiger partial charge in [-0.25, -0.2) is 0 Å². The van der Waals surface area contributed by atoms with E-state index in [1.54, 1.807) is 0 Å². The van der Waals surface area contributed by atoms with Gasteiger partial charge in [-0.15, -0.1) is 6.42 Å². The zero-order valence-electron chi connectivity index (χ0n) is 9.16. The van der Waals surface area contributed by atoms with Crippen LogP contribution in [0, 0.1) is 12.3 Å². The highest BCUT2D eigenvalue weighted by Gasteiger charge is 2.05. The van der Waals surface area contributed by atoms with Crippen LogP contribution in [-0.2, 0) is 13.0 Å². The summed E-state index contributed by atoms with van der Waals surface area (Å²) in [7, 11) is 4.02. The van der Waals surface area contributed by atoms with Crippen LogP contribution in [0.4, 0.5) is 0 Å². The lowest BCUT2D eigenvalue weighted by Gasteiger charge is -2.05. The molecule has 0 saturated carbocycles. The van der Waals surface area contributed by atoms with E-state index < -0.39 is 0 Å². The number of terminal acetylenes is 1. The van der Waals surface area contributed by atoms with Gasteiger partial charge < -0.3 is 9.42 Å². The van der Waals surface area contributed by atoms with E-state index in [1.807, 2.05) is 14.1 Å². The second-order valence-corrected chi connectivity index (χ2v) is 3.47. The molecule has 0 amide bonds. The van der Waals surface area contributed by atoms with Crippen molar-refractivity contribution in [3.8, 4) is 12.3 Å². The van der Waals surface area contributed by atoms with Crippen LogP contribution in [-0.4, -0.2) is 42.2 Å². The molecule has 82 valence electrons. The van der Waals surface area contributed by atoms with Crippen molar-refractivity contribution in [2.24, 2.45) is 0 Å². The van der Waals surface area contributed by atoms with Crippen LogP contribution in [0.1, 0.15) is 11.7 Å². The van der Waals surface area contributed by atoms with Crippen LogP contribution in [0.5, 0.6) is 0 Å². The minimum Gasteiger partial charge on any atom is -0.338 e. The van der Waals surface area contributed by atoms with Crippen molar-refractivity contribution in [2.75, 3.05) is 27.2 Å². The van der Waals surface area contributed by atoms with E-state index in [2.05, 4.69) is 26.3 Å². The number of hydrogen-bond acceptors (Lipinski definition) is 5. The highest BCUT2D eigenvalue weighted by molar-refractivity contribution is 4.90. The molecule has 0 unspecified atom stereocenters. The molecule has 1 N–H and O–H groups in total. The lowest BCUT2D eigenvalue weighted by atomic mass is 10.4. The number of nitrogens with zero attached hydrogens (tertiary/aromatic N) is 3. The smallest absolute Gasteiger partial charge is 0.240 e. The molecule has 1 aromatic rings. The minimum atomic E-state index is 0.509. The Morgan fingerprint density at radius 2 is 2.33 bits per heavy atom. The summed E-state index contributed by atoms with van der Waals surface area (Å²) in [6.07, 6.45) is 5.89. The highest BCUT2D eigenvalue weighted by atomic mass is 16.5. The highest BCUT2D eigenvalue weighted by Crippen LogP contribution is 1.98. The molecule has 0 fully saturated rings. The Morgan fingerprint density at radius 1 is 1.53 bits per heavy atom. The molecular weight excluding hydrogens is 192 g/mol. The Kier molecular flexibility index (Phi) is 4.81. The van der Waals surface area contributed by atoms with Gasteiger partial charge in [-0.3, -0.25) is 5.32 Å². The molecule has 1 aromatic heterocycles. The summed E-state index contributed by atoms with van der Waals surface area (Å²) in [6, 6.07) is 0. The number of rotatable bonds is 6. The number of hydrogen-bond donors (Lipinski definition) is 1. The summed E-state index contributed by atoms with van der Waals surface area (Å²) in [5.41, 5.74) is 0. The first-order valence-corrected chi connectivity index (χ1v) is 4.82. The van der Waals surface area contributed by atoms with Gasteiger partial charge in [0.2, 0.25) is 5.89 Å². The molecule has 0 aliphatic heterocycles. The summed E-state index contributed by atoms with van der Waals surface area (Å²) < 4.78 is 5.03. The van der Waals surface area contributed by atoms with Crippen molar-refractivity contribution in [2.45, 2.75) is 13.0 Å². The van der Waals surface area contributed by atoms with Gasteiger partial charge >= 0.3 is 0 Å². The van der Waals surface area contributed by atoms with E-state index in [9.17, 15) is 0 Å². The van der Waals surface area contributed by atoms with E-state index in [1.165, 1.54) is 0 Å². The predicted octanol–water partition coefficient (Wildman–Crippen LogP) is -0.103. The van der Waals surface area contributed by atoms with Gasteiger partial charge in [0.15, 0.2) is 5.82 Å². The normalized spacial score (nSPS) is 10.5. The monoisotopic (exact) mass is 208 g/mol. The second-order valence-electron chi connectivity index (χ2n) is 3.47. The molecule has 1 rings (SSSR count). The van der Waals surface area contributed by atoms with Gasteiger partial charge in [-0.05, 0) is 14.1 Å². The molecule has 5 nitrogen and oxygen atoms in total. The SMILES string of the molecule is C#CCNCc1nc(CCN(C)C)no1. The first kappa shape index (κ1) is 11.7. The fraction of sp³-hybridized carbons (Fsp3) is 0.600. The predicted molar refractivity (Wildman–Crippen MR) is 57.1 cm³/mol. The zero-order valence-corrected chi connectivity index (χ0v) is 9.16. The summed E-state index contributed by atoms with van der Waals surface area (Å²) in [6.45, 7) is 1.95. The van der Waals surface area contributed by atoms with E-state index in [-0.39, 0.29) is 0 Å². The van der Waals surface area contributed by atoms with Gasteiger partial charge in [0.05, 0.1) is 13.1 Å².